The summed E-state index contributed by atoms with van der Waals surface area (Å²) >= 11 is 0. The van der Waals surface area contributed by atoms with E-state index in [4.69, 9.17) is 9.47 Å². The second-order valence-electron chi connectivity index (χ2n) is 15.9. The van der Waals surface area contributed by atoms with Crippen LogP contribution < -0.4 is 20.7 Å². The highest BCUT2D eigenvalue weighted by Crippen LogP contribution is 2.45. The van der Waals surface area contributed by atoms with Crippen LogP contribution in [-0.4, -0.2) is 128 Å². The highest BCUT2D eigenvalue weighted by Gasteiger charge is 2.61. The Morgan fingerprint density at radius 2 is 1.87 bits per heavy atom. The molecule has 2 aliphatic carbocycles. The molecule has 4 aliphatic rings. The van der Waals surface area contributed by atoms with Crippen LogP contribution in [0.5, 0.6) is 0 Å². The lowest BCUT2D eigenvalue weighted by Crippen LogP contribution is -2.58. The number of ether oxygens (including phenoxy) is 2. The highest BCUT2D eigenvalue weighted by atomic mass is 32.2. The van der Waals surface area contributed by atoms with E-state index < -0.39 is 86.2 Å². The standard InChI is InChI=1S/C37H52FN7O9S/c1-7-24-17-37(24,33(48)42-55(51,52)27-13-14-27)41-32(47)30-16-26(53-35(50)45-19-23-10-8-11-29(38)28(23)22-45)21-44(30)20-25(40-34(49)54-36(2,3)4)18-39-31(46)12-9-15-43(5)6/h7-12,24-27,30H,1,13-22H2,2-6H3,(H,39,46)(H,40,49)(H,41,47)(H,42,48)/b12-9+/t24-,25+,26-,30+,37-/m1/s1. The van der Waals surface area contributed by atoms with Gasteiger partial charge in [-0.15, -0.1) is 6.58 Å². The maximum absolute atomic E-state index is 14.4. The Bertz CT molecular complexity index is 1810. The van der Waals surface area contributed by atoms with Crippen LogP contribution in [0.3, 0.4) is 0 Å². The summed E-state index contributed by atoms with van der Waals surface area (Å²) in [6.45, 7) is 9.43. The van der Waals surface area contributed by atoms with Gasteiger partial charge in [-0.05, 0) is 65.8 Å². The molecule has 0 bridgehead atoms. The molecule has 0 unspecified atom stereocenters. The van der Waals surface area contributed by atoms with Crippen molar-refractivity contribution < 1.29 is 46.3 Å². The minimum absolute atomic E-state index is 0.0100. The van der Waals surface area contributed by atoms with Crippen LogP contribution in [0, 0.1) is 11.7 Å². The highest BCUT2D eigenvalue weighted by molar-refractivity contribution is 7.91. The first kappa shape index (κ1) is 41.6. The van der Waals surface area contributed by atoms with Crippen molar-refractivity contribution in [1.29, 1.82) is 0 Å². The molecule has 2 aliphatic heterocycles. The molecule has 5 amide bonds. The number of rotatable bonds is 15. The second-order valence-corrected chi connectivity index (χ2v) is 17.8. The molecular formula is C37H52FN7O9S. The summed E-state index contributed by atoms with van der Waals surface area (Å²) in [5.41, 5.74) is -1.35. The first-order valence-electron chi connectivity index (χ1n) is 18.4. The Morgan fingerprint density at radius 3 is 2.49 bits per heavy atom. The summed E-state index contributed by atoms with van der Waals surface area (Å²) < 4.78 is 53.3. The number of likely N-dealkylation sites (N-methyl/N-ethyl adjacent to an activating group) is 1. The lowest BCUT2D eigenvalue weighted by atomic mass is 10.1. The lowest BCUT2D eigenvalue weighted by Gasteiger charge is -2.30. The van der Waals surface area contributed by atoms with E-state index >= 15 is 0 Å². The largest absolute Gasteiger partial charge is 0.445 e. The van der Waals surface area contributed by atoms with Gasteiger partial charge in [-0.1, -0.05) is 24.3 Å². The van der Waals surface area contributed by atoms with Gasteiger partial charge in [0.05, 0.1) is 23.9 Å². The van der Waals surface area contributed by atoms with Crippen molar-refractivity contribution in [3.8, 4) is 0 Å². The van der Waals surface area contributed by atoms with E-state index in [0.29, 0.717) is 30.5 Å². The average molecular weight is 790 g/mol. The predicted octanol–water partition coefficient (Wildman–Crippen LogP) is 1.52. The Labute approximate surface area is 321 Å². The van der Waals surface area contributed by atoms with Gasteiger partial charge < -0.3 is 30.3 Å². The van der Waals surface area contributed by atoms with Gasteiger partial charge in [0.15, 0.2) is 0 Å². The van der Waals surface area contributed by atoms with Gasteiger partial charge in [-0.25, -0.2) is 22.4 Å². The molecule has 55 heavy (non-hydrogen) atoms. The third-order valence-corrected chi connectivity index (χ3v) is 11.6. The molecule has 5 atom stereocenters. The number of nitrogens with one attached hydrogen (secondary N) is 4. The first-order chi connectivity index (χ1) is 25.8. The van der Waals surface area contributed by atoms with Crippen molar-refractivity contribution in [2.45, 2.75) is 94.1 Å². The van der Waals surface area contributed by atoms with Gasteiger partial charge in [0, 0.05) is 56.7 Å². The number of carbonyl (C=O) groups excluding carboxylic acids is 5. The number of sulfonamides is 1. The monoisotopic (exact) mass is 789 g/mol. The SMILES string of the molecule is C=C[C@@H]1C[C@]1(NC(=O)[C@@H]1C[C@@H](OC(=O)N2Cc3cccc(F)c3C2)CN1C[C@H](CNC(=O)/C=C/CN(C)C)NC(=O)OC(C)(C)C)C(=O)NS(=O)(=O)C1CC1. The normalized spacial score (nSPS) is 24.2. The second kappa shape index (κ2) is 16.7. The van der Waals surface area contributed by atoms with Gasteiger partial charge in [0.2, 0.25) is 21.8 Å². The summed E-state index contributed by atoms with van der Waals surface area (Å²) in [5, 5.41) is 7.65. The van der Waals surface area contributed by atoms with Crippen LogP contribution in [0.2, 0.25) is 0 Å². The Hall–Kier alpha value is -4.55. The fourth-order valence-corrected chi connectivity index (χ4v) is 8.10. The van der Waals surface area contributed by atoms with E-state index in [1.807, 2.05) is 19.0 Å². The minimum Gasteiger partial charge on any atom is -0.445 e. The number of halogens is 1. The topological polar surface area (TPSA) is 196 Å². The van der Waals surface area contributed by atoms with Crippen molar-refractivity contribution in [2.24, 2.45) is 5.92 Å². The summed E-state index contributed by atoms with van der Waals surface area (Å²) in [6, 6.07) is 2.77. The summed E-state index contributed by atoms with van der Waals surface area (Å²) in [7, 11) is -0.214. The van der Waals surface area contributed by atoms with Crippen molar-refractivity contribution >= 4 is 39.9 Å². The zero-order valence-electron chi connectivity index (χ0n) is 31.9. The maximum Gasteiger partial charge on any atom is 0.410 e. The average Bonchev–Trinajstić information content (AvgIpc) is 3.98. The van der Waals surface area contributed by atoms with E-state index in [-0.39, 0.29) is 45.6 Å². The number of alkyl carbamates (subject to hydrolysis) is 1. The summed E-state index contributed by atoms with van der Waals surface area (Å²) in [6.07, 6.45) is 3.18. The number of fused-ring (bicyclic) bond motifs is 1. The molecule has 5 rings (SSSR count). The fourth-order valence-electron chi connectivity index (χ4n) is 6.74. The van der Waals surface area contributed by atoms with Crippen molar-refractivity contribution in [1.82, 2.24) is 35.4 Å². The Kier molecular flexibility index (Phi) is 12.6. The minimum atomic E-state index is -3.92. The van der Waals surface area contributed by atoms with E-state index in [9.17, 15) is 36.8 Å². The number of likely N-dealkylation sites (tertiary alicyclic amines) is 1. The third kappa shape index (κ3) is 10.8. The van der Waals surface area contributed by atoms with Gasteiger partial charge >= 0.3 is 12.2 Å². The quantitative estimate of drug-likeness (QED) is 0.149. The lowest BCUT2D eigenvalue weighted by molar-refractivity contribution is -0.132. The molecule has 1 aromatic carbocycles. The zero-order chi connectivity index (χ0) is 40.3. The van der Waals surface area contributed by atoms with Crippen LogP contribution in [0.15, 0.2) is 43.0 Å². The molecule has 16 nitrogen and oxygen atoms in total. The molecule has 4 N–H and O–H groups in total. The van der Waals surface area contributed by atoms with Crippen molar-refractivity contribution in [3.63, 3.8) is 0 Å². The zero-order valence-corrected chi connectivity index (χ0v) is 32.7. The molecule has 18 heteroatoms. The fraction of sp³-hybridized carbons (Fsp3) is 0.595. The summed E-state index contributed by atoms with van der Waals surface area (Å²) in [5.74, 6) is -2.88. The summed E-state index contributed by atoms with van der Waals surface area (Å²) in [4.78, 5) is 71.6. The molecule has 1 aromatic rings. The maximum atomic E-state index is 14.4. The number of hydrogen-bond acceptors (Lipinski definition) is 11. The number of hydrogen-bond donors (Lipinski definition) is 4. The first-order valence-corrected chi connectivity index (χ1v) is 19.9. The van der Waals surface area contributed by atoms with E-state index in [0.717, 1.165) is 0 Å². The van der Waals surface area contributed by atoms with E-state index in [1.165, 1.54) is 23.1 Å². The molecule has 1 saturated heterocycles. The molecular weight excluding hydrogens is 738 g/mol. The Morgan fingerprint density at radius 1 is 1.15 bits per heavy atom. The van der Waals surface area contributed by atoms with Crippen molar-refractivity contribution in [3.05, 3.63) is 60.0 Å². The predicted molar refractivity (Wildman–Crippen MR) is 199 cm³/mol. The number of carbonyl (C=O) groups is 5. The van der Waals surface area contributed by atoms with Crippen LogP contribution in [0.25, 0.3) is 0 Å². The van der Waals surface area contributed by atoms with E-state index in [1.54, 1.807) is 43.9 Å². The smallest absolute Gasteiger partial charge is 0.410 e. The van der Waals surface area contributed by atoms with E-state index in [2.05, 4.69) is 27.3 Å². The van der Waals surface area contributed by atoms with Crippen LogP contribution >= 0.6 is 0 Å². The number of nitrogens with zero attached hydrogens (tertiary/aromatic N) is 3. The molecule has 302 valence electrons. The van der Waals surface area contributed by atoms with Gasteiger partial charge in [-0.3, -0.25) is 28.9 Å². The van der Waals surface area contributed by atoms with Crippen LogP contribution in [0.1, 0.15) is 57.6 Å². The van der Waals surface area contributed by atoms with Gasteiger partial charge in [0.1, 0.15) is 23.1 Å². The number of amides is 5. The van der Waals surface area contributed by atoms with Crippen molar-refractivity contribution in [2.75, 3.05) is 40.3 Å². The molecule has 2 heterocycles. The molecule has 0 aromatic heterocycles. The third-order valence-electron chi connectivity index (χ3n) is 9.81. The van der Waals surface area contributed by atoms with Gasteiger partial charge in [-0.2, -0.15) is 0 Å². The van der Waals surface area contributed by atoms with Crippen LogP contribution in [0.4, 0.5) is 14.0 Å². The molecule has 0 spiro atoms. The molecule has 2 saturated carbocycles. The van der Waals surface area contributed by atoms with Gasteiger partial charge in [0.25, 0.3) is 5.91 Å². The van der Waals surface area contributed by atoms with Crippen LogP contribution in [-0.2, 0) is 47.0 Å². The molecule has 0 radical (unpaired) electrons. The molecule has 3 fully saturated rings. The number of benzene rings is 1. The Balaban J connectivity index is 1.35.